The van der Waals surface area contributed by atoms with Crippen LogP contribution in [0.25, 0.3) is 10.9 Å². The van der Waals surface area contributed by atoms with Crippen LogP contribution in [-0.4, -0.2) is 38.7 Å². The van der Waals surface area contributed by atoms with Crippen molar-refractivity contribution >= 4 is 28.6 Å². The van der Waals surface area contributed by atoms with Gasteiger partial charge >= 0.3 is 0 Å². The van der Waals surface area contributed by atoms with E-state index in [0.717, 1.165) is 13.1 Å². The lowest BCUT2D eigenvalue weighted by Gasteiger charge is -2.36. The van der Waals surface area contributed by atoms with E-state index in [4.69, 9.17) is 0 Å². The average Bonchev–Trinajstić information content (AvgIpc) is 2.60. The molecule has 2 heterocycles. The van der Waals surface area contributed by atoms with Crippen molar-refractivity contribution in [2.75, 3.05) is 13.1 Å². The molecule has 1 saturated heterocycles. The minimum atomic E-state index is -0.265. The van der Waals surface area contributed by atoms with Crippen molar-refractivity contribution in [3.63, 3.8) is 0 Å². The molecule has 1 aromatic carbocycles. The minimum absolute atomic E-state index is 0.0412. The van der Waals surface area contributed by atoms with Crippen LogP contribution < -0.4 is 5.56 Å². The van der Waals surface area contributed by atoms with E-state index in [1.165, 1.54) is 18.2 Å². The molecular formula is C20H27N3O2S. The zero-order valence-corrected chi connectivity index (χ0v) is 16.8. The van der Waals surface area contributed by atoms with E-state index in [1.807, 2.05) is 36.9 Å². The van der Waals surface area contributed by atoms with Crippen LogP contribution in [0, 0.1) is 11.8 Å². The maximum atomic E-state index is 12.9. The minimum Gasteiger partial charge on any atom is -0.341 e. The molecule has 0 spiro atoms. The Balaban J connectivity index is 1.86. The smallest absolute Gasteiger partial charge is 0.262 e. The van der Waals surface area contributed by atoms with Crippen LogP contribution in [0.15, 0.2) is 34.2 Å². The Kier molecular flexibility index (Phi) is 5.70. The van der Waals surface area contributed by atoms with E-state index in [1.54, 1.807) is 10.6 Å². The predicted molar refractivity (Wildman–Crippen MR) is 107 cm³/mol. The van der Waals surface area contributed by atoms with E-state index in [0.29, 0.717) is 34.4 Å². The summed E-state index contributed by atoms with van der Waals surface area (Å²) in [4.78, 5) is 32.3. The molecule has 5 nitrogen and oxygen atoms in total. The van der Waals surface area contributed by atoms with Gasteiger partial charge in [-0.2, -0.15) is 0 Å². The third-order valence-electron chi connectivity index (χ3n) is 4.95. The first-order valence-corrected chi connectivity index (χ1v) is 10.2. The number of fused-ring (bicyclic) bond motifs is 1. The van der Waals surface area contributed by atoms with Gasteiger partial charge in [-0.1, -0.05) is 37.7 Å². The number of nitrogens with zero attached hydrogens (tertiary/aromatic N) is 3. The Morgan fingerprint density at radius 3 is 2.58 bits per heavy atom. The zero-order valence-electron chi connectivity index (χ0n) is 15.9. The van der Waals surface area contributed by atoms with Gasteiger partial charge in [-0.25, -0.2) is 4.98 Å². The normalized spacial score (nSPS) is 21.8. The Morgan fingerprint density at radius 2 is 1.92 bits per heavy atom. The molecule has 1 aromatic heterocycles. The quantitative estimate of drug-likeness (QED) is 0.609. The second-order valence-electron chi connectivity index (χ2n) is 7.41. The van der Waals surface area contributed by atoms with Crippen LogP contribution >= 0.6 is 11.8 Å². The second-order valence-corrected chi connectivity index (χ2v) is 8.72. The second kappa shape index (κ2) is 7.82. The van der Waals surface area contributed by atoms with Crippen molar-refractivity contribution in [1.29, 1.82) is 0 Å². The number of rotatable bonds is 4. The molecule has 140 valence electrons. The summed E-state index contributed by atoms with van der Waals surface area (Å²) in [6.07, 6.45) is 1.17. The van der Waals surface area contributed by atoms with Gasteiger partial charge in [0, 0.05) is 19.6 Å². The maximum Gasteiger partial charge on any atom is 0.262 e. The molecule has 3 rings (SSSR count). The van der Waals surface area contributed by atoms with E-state index in [9.17, 15) is 9.59 Å². The number of hydrogen-bond donors (Lipinski definition) is 0. The van der Waals surface area contributed by atoms with Crippen LogP contribution in [0.2, 0.25) is 0 Å². The molecule has 2 aromatic rings. The van der Waals surface area contributed by atoms with Gasteiger partial charge in [0.15, 0.2) is 5.16 Å². The van der Waals surface area contributed by atoms with Crippen LogP contribution in [0.4, 0.5) is 0 Å². The summed E-state index contributed by atoms with van der Waals surface area (Å²) in [6, 6.07) is 7.38. The number of carbonyl (C=O) groups is 1. The molecule has 1 fully saturated rings. The van der Waals surface area contributed by atoms with Crippen molar-refractivity contribution in [1.82, 2.24) is 14.5 Å². The number of para-hydroxylation sites is 1. The molecule has 1 aliphatic rings. The Labute approximate surface area is 158 Å². The fourth-order valence-electron chi connectivity index (χ4n) is 3.83. The molecule has 0 radical (unpaired) electrons. The Bertz CT molecular complexity index is 854. The largest absolute Gasteiger partial charge is 0.341 e. The summed E-state index contributed by atoms with van der Waals surface area (Å²) in [5, 5.41) is 0.977. The van der Waals surface area contributed by atoms with Crippen molar-refractivity contribution in [3.05, 3.63) is 34.6 Å². The zero-order chi connectivity index (χ0) is 18.8. The van der Waals surface area contributed by atoms with E-state index in [-0.39, 0.29) is 16.7 Å². The van der Waals surface area contributed by atoms with Gasteiger partial charge in [-0.3, -0.25) is 14.2 Å². The van der Waals surface area contributed by atoms with Gasteiger partial charge in [-0.15, -0.1) is 0 Å². The van der Waals surface area contributed by atoms with Gasteiger partial charge in [0.1, 0.15) is 0 Å². The highest BCUT2D eigenvalue weighted by atomic mass is 32.2. The monoisotopic (exact) mass is 373 g/mol. The number of amides is 1. The molecule has 0 saturated carbocycles. The Morgan fingerprint density at radius 1 is 1.27 bits per heavy atom. The molecule has 0 aliphatic carbocycles. The molecule has 1 aliphatic heterocycles. The lowest BCUT2D eigenvalue weighted by Crippen LogP contribution is -2.45. The fraction of sp³-hybridized carbons (Fsp3) is 0.550. The van der Waals surface area contributed by atoms with E-state index >= 15 is 0 Å². The number of benzene rings is 1. The number of carbonyl (C=O) groups excluding carboxylic acids is 1. The summed E-state index contributed by atoms with van der Waals surface area (Å²) < 4.78 is 1.66. The third-order valence-corrected chi connectivity index (χ3v) is 6.03. The standard InChI is InChI=1S/C20H27N3O2S/c1-5-23-19(25)16-8-6-7-9-17(16)21-20(23)26-15(4)18(24)22-11-13(2)10-14(3)12-22/h6-9,13-15H,5,10-12H2,1-4H3. The summed E-state index contributed by atoms with van der Waals surface area (Å²) in [5.74, 6) is 1.21. The first-order chi connectivity index (χ1) is 12.4. The van der Waals surface area contributed by atoms with Gasteiger partial charge in [0.2, 0.25) is 5.91 Å². The van der Waals surface area contributed by atoms with Gasteiger partial charge in [0.25, 0.3) is 5.56 Å². The summed E-state index contributed by atoms with van der Waals surface area (Å²) >= 11 is 1.39. The van der Waals surface area contributed by atoms with Crippen molar-refractivity contribution < 1.29 is 4.79 Å². The van der Waals surface area contributed by atoms with Crippen molar-refractivity contribution in [2.24, 2.45) is 11.8 Å². The van der Waals surface area contributed by atoms with Crippen LogP contribution in [-0.2, 0) is 11.3 Å². The maximum absolute atomic E-state index is 12.9. The lowest BCUT2D eigenvalue weighted by molar-refractivity contribution is -0.132. The highest BCUT2D eigenvalue weighted by Crippen LogP contribution is 2.27. The molecule has 0 bridgehead atoms. The number of piperidine rings is 1. The number of thioether (sulfide) groups is 1. The highest BCUT2D eigenvalue weighted by Gasteiger charge is 2.29. The third kappa shape index (κ3) is 3.80. The summed E-state index contributed by atoms with van der Waals surface area (Å²) in [5.41, 5.74) is 0.644. The first-order valence-electron chi connectivity index (χ1n) is 9.35. The van der Waals surface area contributed by atoms with Crippen LogP contribution in [0.5, 0.6) is 0 Å². The van der Waals surface area contributed by atoms with E-state index < -0.39 is 0 Å². The fourth-order valence-corrected chi connectivity index (χ4v) is 4.88. The van der Waals surface area contributed by atoms with Crippen LogP contribution in [0.3, 0.4) is 0 Å². The number of hydrogen-bond acceptors (Lipinski definition) is 4. The number of likely N-dealkylation sites (tertiary alicyclic amines) is 1. The summed E-state index contributed by atoms with van der Waals surface area (Å²) in [6.45, 7) is 10.4. The van der Waals surface area contributed by atoms with Gasteiger partial charge in [0.05, 0.1) is 16.2 Å². The molecule has 1 amide bonds. The first kappa shape index (κ1) is 19.0. The van der Waals surface area contributed by atoms with E-state index in [2.05, 4.69) is 18.8 Å². The van der Waals surface area contributed by atoms with Crippen molar-refractivity contribution in [3.8, 4) is 0 Å². The molecule has 3 unspecified atom stereocenters. The SMILES string of the molecule is CCn1c(SC(C)C(=O)N2CC(C)CC(C)C2)nc2ccccc2c1=O. The van der Waals surface area contributed by atoms with Gasteiger partial charge in [-0.05, 0) is 44.2 Å². The van der Waals surface area contributed by atoms with Crippen molar-refractivity contribution in [2.45, 2.75) is 51.1 Å². The molecule has 6 heteroatoms. The van der Waals surface area contributed by atoms with Gasteiger partial charge < -0.3 is 4.90 Å². The average molecular weight is 374 g/mol. The number of aromatic nitrogens is 2. The molecular weight excluding hydrogens is 346 g/mol. The molecule has 26 heavy (non-hydrogen) atoms. The predicted octanol–water partition coefficient (Wildman–Crippen LogP) is 3.40. The topological polar surface area (TPSA) is 55.2 Å². The molecule has 3 atom stereocenters. The highest BCUT2D eigenvalue weighted by molar-refractivity contribution is 8.00. The van der Waals surface area contributed by atoms with Crippen LogP contribution in [0.1, 0.15) is 34.1 Å². The Hall–Kier alpha value is -1.82. The summed E-state index contributed by atoms with van der Waals surface area (Å²) in [7, 11) is 0. The lowest BCUT2D eigenvalue weighted by atomic mass is 9.92. The molecule has 0 N–H and O–H groups in total.